The molecular formula is C12H15N3O5. The van der Waals surface area contributed by atoms with Crippen LogP contribution in [0.1, 0.15) is 24.2 Å². The summed E-state index contributed by atoms with van der Waals surface area (Å²) in [5.41, 5.74) is 4.79. The molecule has 0 aliphatic rings. The van der Waals surface area contributed by atoms with Gasteiger partial charge in [0.05, 0.1) is 22.7 Å². The minimum atomic E-state index is -1.31. The van der Waals surface area contributed by atoms with Gasteiger partial charge in [0.25, 0.3) is 5.69 Å². The molecule has 3 N–H and O–H groups in total. The highest BCUT2D eigenvalue weighted by molar-refractivity contribution is 5.96. The average Bonchev–Trinajstić information content (AvgIpc) is 2.34. The molecule has 108 valence electrons. The molecule has 1 rings (SSSR count). The van der Waals surface area contributed by atoms with E-state index in [1.165, 1.54) is 17.0 Å². The van der Waals surface area contributed by atoms with Gasteiger partial charge in [-0.1, -0.05) is 0 Å². The second-order valence-corrected chi connectivity index (χ2v) is 4.45. The van der Waals surface area contributed by atoms with E-state index >= 15 is 0 Å². The van der Waals surface area contributed by atoms with Gasteiger partial charge in [-0.25, -0.2) is 4.79 Å². The van der Waals surface area contributed by atoms with Crippen molar-refractivity contribution in [1.82, 2.24) is 0 Å². The van der Waals surface area contributed by atoms with Crippen molar-refractivity contribution < 1.29 is 19.6 Å². The molecule has 1 aromatic rings. The summed E-state index contributed by atoms with van der Waals surface area (Å²) in [4.78, 5) is 33.8. The van der Waals surface area contributed by atoms with E-state index in [9.17, 15) is 24.8 Å². The van der Waals surface area contributed by atoms with E-state index in [1.54, 1.807) is 13.8 Å². The van der Waals surface area contributed by atoms with Crippen molar-refractivity contribution in [2.45, 2.75) is 19.9 Å². The number of nitrogens with two attached hydrogens (primary N) is 1. The van der Waals surface area contributed by atoms with E-state index in [4.69, 9.17) is 5.73 Å². The van der Waals surface area contributed by atoms with Crippen molar-refractivity contribution in [2.24, 2.45) is 5.73 Å². The van der Waals surface area contributed by atoms with E-state index in [0.29, 0.717) is 0 Å². The van der Waals surface area contributed by atoms with Crippen molar-refractivity contribution >= 4 is 23.3 Å². The Morgan fingerprint density at radius 1 is 1.45 bits per heavy atom. The number of nitrogens with zero attached hydrogens (tertiary/aromatic N) is 2. The van der Waals surface area contributed by atoms with Crippen LogP contribution in [0.15, 0.2) is 18.2 Å². The van der Waals surface area contributed by atoms with Crippen LogP contribution in [0, 0.1) is 10.1 Å². The lowest BCUT2D eigenvalue weighted by Crippen LogP contribution is -2.39. The van der Waals surface area contributed by atoms with Gasteiger partial charge < -0.3 is 15.7 Å². The number of benzene rings is 1. The maximum Gasteiger partial charge on any atom is 0.338 e. The number of aromatic carboxylic acids is 1. The molecule has 0 heterocycles. The van der Waals surface area contributed by atoms with E-state index in [2.05, 4.69) is 0 Å². The zero-order chi connectivity index (χ0) is 15.4. The van der Waals surface area contributed by atoms with Crippen LogP contribution in [0.2, 0.25) is 0 Å². The zero-order valence-corrected chi connectivity index (χ0v) is 11.1. The Kier molecular flexibility index (Phi) is 4.63. The minimum Gasteiger partial charge on any atom is -0.478 e. The zero-order valence-electron chi connectivity index (χ0n) is 11.1. The number of carbonyl (C=O) groups is 2. The highest BCUT2D eigenvalue weighted by atomic mass is 16.6. The fourth-order valence-corrected chi connectivity index (χ4v) is 1.77. The summed E-state index contributed by atoms with van der Waals surface area (Å²) in [6.45, 7) is 3.35. The lowest BCUT2D eigenvalue weighted by atomic mass is 10.1. The molecule has 20 heavy (non-hydrogen) atoms. The molecule has 0 saturated heterocycles. The second-order valence-electron chi connectivity index (χ2n) is 4.45. The number of nitro groups is 1. The SMILES string of the molecule is CC(C)N(CC(N)=O)c1ccc([N+](=O)[O-])cc1C(=O)O. The Morgan fingerprint density at radius 2 is 2.05 bits per heavy atom. The number of carboxylic acid groups (broad SMARTS) is 1. The second kappa shape index (κ2) is 6.00. The number of primary amides is 1. The van der Waals surface area contributed by atoms with Gasteiger partial charge in [0, 0.05) is 18.2 Å². The molecule has 0 unspecified atom stereocenters. The van der Waals surface area contributed by atoms with Gasteiger partial charge in [0.2, 0.25) is 5.91 Å². The van der Waals surface area contributed by atoms with Crippen LogP contribution >= 0.6 is 0 Å². The fraction of sp³-hybridized carbons (Fsp3) is 0.333. The summed E-state index contributed by atoms with van der Waals surface area (Å²) in [6.07, 6.45) is 0. The Labute approximate surface area is 114 Å². The number of non-ortho nitro benzene ring substituents is 1. The van der Waals surface area contributed by atoms with Crippen LogP contribution in [0.25, 0.3) is 0 Å². The molecule has 1 aromatic carbocycles. The summed E-state index contributed by atoms with van der Waals surface area (Å²) in [5, 5.41) is 19.9. The van der Waals surface area contributed by atoms with Crippen molar-refractivity contribution in [3.8, 4) is 0 Å². The van der Waals surface area contributed by atoms with Crippen molar-refractivity contribution in [3.05, 3.63) is 33.9 Å². The first-order valence-corrected chi connectivity index (χ1v) is 5.80. The maximum absolute atomic E-state index is 11.2. The summed E-state index contributed by atoms with van der Waals surface area (Å²) in [7, 11) is 0. The smallest absolute Gasteiger partial charge is 0.338 e. The molecule has 0 aliphatic carbocycles. The number of carboxylic acids is 1. The van der Waals surface area contributed by atoms with Gasteiger partial charge in [-0.15, -0.1) is 0 Å². The Hall–Kier alpha value is -2.64. The predicted octanol–water partition coefficient (Wildman–Crippen LogP) is 0.993. The Morgan fingerprint density at radius 3 is 2.45 bits per heavy atom. The van der Waals surface area contributed by atoms with E-state index in [-0.39, 0.29) is 29.5 Å². The van der Waals surface area contributed by atoms with Crippen molar-refractivity contribution in [1.29, 1.82) is 0 Å². The lowest BCUT2D eigenvalue weighted by molar-refractivity contribution is -0.384. The van der Waals surface area contributed by atoms with Crippen LogP contribution in [-0.4, -0.2) is 34.5 Å². The number of amides is 1. The Balaban J connectivity index is 3.37. The van der Waals surface area contributed by atoms with E-state index < -0.39 is 16.8 Å². The van der Waals surface area contributed by atoms with Crippen LogP contribution in [0.4, 0.5) is 11.4 Å². The first kappa shape index (κ1) is 15.4. The van der Waals surface area contributed by atoms with Gasteiger partial charge in [-0.05, 0) is 19.9 Å². The molecule has 8 nitrogen and oxygen atoms in total. The maximum atomic E-state index is 11.2. The number of carbonyl (C=O) groups excluding carboxylic acids is 1. The monoisotopic (exact) mass is 281 g/mol. The molecule has 0 atom stereocenters. The predicted molar refractivity (Wildman–Crippen MR) is 71.7 cm³/mol. The largest absolute Gasteiger partial charge is 0.478 e. The highest BCUT2D eigenvalue weighted by Gasteiger charge is 2.22. The molecule has 0 spiro atoms. The number of rotatable bonds is 6. The molecule has 0 radical (unpaired) electrons. The third-order valence-corrected chi connectivity index (χ3v) is 2.68. The molecule has 8 heteroatoms. The average molecular weight is 281 g/mol. The Bertz CT molecular complexity index is 556. The van der Waals surface area contributed by atoms with Crippen LogP contribution in [0.5, 0.6) is 0 Å². The van der Waals surface area contributed by atoms with E-state index in [1.807, 2.05) is 0 Å². The summed E-state index contributed by atoms with van der Waals surface area (Å²) in [6, 6.07) is 3.28. The molecule has 0 saturated carbocycles. The van der Waals surface area contributed by atoms with Crippen LogP contribution in [0.3, 0.4) is 0 Å². The number of anilines is 1. The standard InChI is InChI=1S/C12H15N3O5/c1-7(2)14(6-11(13)16)10-4-3-8(15(19)20)5-9(10)12(17)18/h3-5,7H,6H2,1-2H3,(H2,13,16)(H,17,18). The van der Waals surface area contributed by atoms with Gasteiger partial charge >= 0.3 is 5.97 Å². The lowest BCUT2D eigenvalue weighted by Gasteiger charge is -2.28. The summed E-state index contributed by atoms with van der Waals surface area (Å²) >= 11 is 0. The van der Waals surface area contributed by atoms with E-state index in [0.717, 1.165) is 6.07 Å². The van der Waals surface area contributed by atoms with Gasteiger partial charge in [-0.2, -0.15) is 0 Å². The van der Waals surface area contributed by atoms with Gasteiger partial charge in [0.15, 0.2) is 0 Å². The van der Waals surface area contributed by atoms with Gasteiger partial charge in [0.1, 0.15) is 0 Å². The highest BCUT2D eigenvalue weighted by Crippen LogP contribution is 2.27. The third kappa shape index (κ3) is 3.44. The molecule has 1 amide bonds. The van der Waals surface area contributed by atoms with Crippen LogP contribution < -0.4 is 10.6 Å². The number of nitro benzene ring substituents is 1. The van der Waals surface area contributed by atoms with Crippen LogP contribution in [-0.2, 0) is 4.79 Å². The fourth-order valence-electron chi connectivity index (χ4n) is 1.77. The number of hydrogen-bond acceptors (Lipinski definition) is 5. The number of hydrogen-bond donors (Lipinski definition) is 2. The summed E-state index contributed by atoms with van der Waals surface area (Å²) in [5.74, 6) is -1.92. The molecule has 0 aromatic heterocycles. The third-order valence-electron chi connectivity index (χ3n) is 2.68. The van der Waals surface area contributed by atoms with Crippen molar-refractivity contribution in [2.75, 3.05) is 11.4 Å². The normalized spacial score (nSPS) is 10.3. The molecular weight excluding hydrogens is 266 g/mol. The first-order chi connectivity index (χ1) is 9.23. The van der Waals surface area contributed by atoms with Gasteiger partial charge in [-0.3, -0.25) is 14.9 Å². The first-order valence-electron chi connectivity index (χ1n) is 5.80. The van der Waals surface area contributed by atoms with Crippen molar-refractivity contribution in [3.63, 3.8) is 0 Å². The topological polar surface area (TPSA) is 127 Å². The summed E-state index contributed by atoms with van der Waals surface area (Å²) < 4.78 is 0. The minimum absolute atomic E-state index is 0.171. The quantitative estimate of drug-likeness (QED) is 0.591. The molecule has 0 fully saturated rings. The molecule has 0 bridgehead atoms. The molecule has 0 aliphatic heterocycles.